The Bertz CT molecular complexity index is 245. The third-order valence-corrected chi connectivity index (χ3v) is 8.17. The summed E-state index contributed by atoms with van der Waals surface area (Å²) in [7, 11) is 0. The molecule has 1 aromatic rings. The Hall–Kier alpha value is 0.0187. The second-order valence-electron chi connectivity index (χ2n) is 4.06. The average Bonchev–Trinajstić information content (AvgIpc) is 1.86. The van der Waals surface area contributed by atoms with Crippen LogP contribution in [-0.2, 0) is 0 Å². The topological polar surface area (TPSA) is 0 Å². The molecule has 1 rings (SSSR count). The molecule has 0 saturated heterocycles. The summed E-state index contributed by atoms with van der Waals surface area (Å²) < 4.78 is 1.65. The summed E-state index contributed by atoms with van der Waals surface area (Å²) >= 11 is -1.77. The van der Waals surface area contributed by atoms with Crippen LogP contribution in [0.4, 0.5) is 0 Å². The van der Waals surface area contributed by atoms with Gasteiger partial charge in [-0.05, 0) is 0 Å². The van der Waals surface area contributed by atoms with Gasteiger partial charge in [-0.2, -0.15) is 0 Å². The SMILES string of the molecule is Cc1cccc[c]1[Sn]([CH3])([CH3])[CH3]. The number of aryl methyl sites for hydroxylation is 1. The summed E-state index contributed by atoms with van der Waals surface area (Å²) in [5.74, 6) is 0. The molecule has 0 aromatic heterocycles. The van der Waals surface area contributed by atoms with Gasteiger partial charge in [0.1, 0.15) is 0 Å². The molecule has 0 unspecified atom stereocenters. The minimum atomic E-state index is -1.77. The minimum absolute atomic E-state index is 1.48. The van der Waals surface area contributed by atoms with Crippen molar-refractivity contribution in [1.82, 2.24) is 0 Å². The van der Waals surface area contributed by atoms with Crippen LogP contribution in [0, 0.1) is 6.92 Å². The van der Waals surface area contributed by atoms with Crippen molar-refractivity contribution in [3.05, 3.63) is 29.8 Å². The van der Waals surface area contributed by atoms with E-state index in [0.29, 0.717) is 0 Å². The Labute approximate surface area is 73.5 Å². The second kappa shape index (κ2) is 3.18. The van der Waals surface area contributed by atoms with Crippen LogP contribution < -0.4 is 3.58 Å². The van der Waals surface area contributed by atoms with Crippen molar-refractivity contribution in [2.24, 2.45) is 0 Å². The Morgan fingerprint density at radius 3 is 1.91 bits per heavy atom. The van der Waals surface area contributed by atoms with Gasteiger partial charge in [0.2, 0.25) is 0 Å². The van der Waals surface area contributed by atoms with Gasteiger partial charge >= 0.3 is 73.5 Å². The third kappa shape index (κ3) is 2.22. The van der Waals surface area contributed by atoms with E-state index in [0.717, 1.165) is 0 Å². The summed E-state index contributed by atoms with van der Waals surface area (Å²) in [6.45, 7) is 2.22. The van der Waals surface area contributed by atoms with Gasteiger partial charge in [-0.15, -0.1) is 0 Å². The Morgan fingerprint density at radius 1 is 1.00 bits per heavy atom. The number of hydrogen-bond donors (Lipinski definition) is 0. The van der Waals surface area contributed by atoms with E-state index in [2.05, 4.69) is 46.0 Å². The molecular formula is C10H16Sn. The molecule has 0 N–H and O–H groups in total. The summed E-state index contributed by atoms with van der Waals surface area (Å²) in [5, 5.41) is 0. The van der Waals surface area contributed by atoms with Crippen molar-refractivity contribution in [2.75, 3.05) is 0 Å². The van der Waals surface area contributed by atoms with Gasteiger partial charge in [0.15, 0.2) is 0 Å². The van der Waals surface area contributed by atoms with E-state index in [9.17, 15) is 0 Å². The first-order valence-electron chi connectivity index (χ1n) is 4.08. The van der Waals surface area contributed by atoms with E-state index in [1.54, 1.807) is 3.58 Å². The summed E-state index contributed by atoms with van der Waals surface area (Å²) in [6, 6.07) is 8.80. The van der Waals surface area contributed by atoms with Crippen LogP contribution in [0.5, 0.6) is 0 Å². The van der Waals surface area contributed by atoms with Gasteiger partial charge in [-0.3, -0.25) is 0 Å². The van der Waals surface area contributed by atoms with Crippen molar-refractivity contribution in [3.8, 4) is 0 Å². The summed E-state index contributed by atoms with van der Waals surface area (Å²) in [6.07, 6.45) is 0. The van der Waals surface area contributed by atoms with Crippen molar-refractivity contribution in [3.63, 3.8) is 0 Å². The molecule has 0 fully saturated rings. The Balaban J connectivity index is 3.14. The maximum absolute atomic E-state index is 2.46. The molecule has 60 valence electrons. The zero-order chi connectivity index (χ0) is 8.48. The molecule has 0 radical (unpaired) electrons. The standard InChI is InChI=1S/C7H7.3CH3.Sn/c1-7-5-3-2-4-6-7;;;;/h2-5H,1H3;3*1H3;. The van der Waals surface area contributed by atoms with E-state index in [-0.39, 0.29) is 0 Å². The van der Waals surface area contributed by atoms with E-state index in [1.807, 2.05) is 0 Å². The van der Waals surface area contributed by atoms with Crippen LogP contribution >= 0.6 is 0 Å². The normalized spacial score (nSPS) is 11.6. The van der Waals surface area contributed by atoms with Gasteiger partial charge in [0.25, 0.3) is 0 Å². The molecule has 0 aliphatic rings. The van der Waals surface area contributed by atoms with Gasteiger partial charge in [0.05, 0.1) is 0 Å². The molecule has 0 spiro atoms. The second-order valence-corrected chi connectivity index (χ2v) is 18.4. The first kappa shape index (κ1) is 9.11. The predicted octanol–water partition coefficient (Wildman–Crippen LogP) is 2.54. The number of hydrogen-bond acceptors (Lipinski definition) is 0. The molecule has 0 atom stereocenters. The van der Waals surface area contributed by atoms with E-state index in [1.165, 1.54) is 5.56 Å². The van der Waals surface area contributed by atoms with Crippen molar-refractivity contribution < 1.29 is 0 Å². The first-order chi connectivity index (χ1) is 5.02. The zero-order valence-corrected chi connectivity index (χ0v) is 10.7. The van der Waals surface area contributed by atoms with E-state index >= 15 is 0 Å². The molecule has 1 heteroatoms. The predicted molar refractivity (Wildman–Crippen MR) is 54.2 cm³/mol. The van der Waals surface area contributed by atoms with Crippen molar-refractivity contribution >= 4 is 22.0 Å². The van der Waals surface area contributed by atoms with Crippen molar-refractivity contribution in [2.45, 2.75) is 21.7 Å². The molecule has 0 bridgehead atoms. The average molecular weight is 255 g/mol. The molecule has 1 aromatic carbocycles. The molecule has 11 heavy (non-hydrogen) atoms. The maximum atomic E-state index is 2.46. The fraction of sp³-hybridized carbons (Fsp3) is 0.400. The Kier molecular flexibility index (Phi) is 2.63. The van der Waals surface area contributed by atoms with Gasteiger partial charge in [-0.25, -0.2) is 0 Å². The van der Waals surface area contributed by atoms with E-state index in [4.69, 9.17) is 0 Å². The van der Waals surface area contributed by atoms with Crippen LogP contribution in [0.3, 0.4) is 0 Å². The zero-order valence-electron chi connectivity index (χ0n) is 7.81. The summed E-state index contributed by atoms with van der Waals surface area (Å²) in [4.78, 5) is 7.37. The van der Waals surface area contributed by atoms with E-state index < -0.39 is 18.4 Å². The molecule has 0 heterocycles. The molecule has 0 aliphatic carbocycles. The number of rotatable bonds is 1. The van der Waals surface area contributed by atoms with Crippen molar-refractivity contribution in [1.29, 1.82) is 0 Å². The van der Waals surface area contributed by atoms with Crippen LogP contribution in [0.2, 0.25) is 14.8 Å². The Morgan fingerprint density at radius 2 is 1.55 bits per heavy atom. The monoisotopic (exact) mass is 256 g/mol. The fourth-order valence-corrected chi connectivity index (χ4v) is 6.73. The molecule has 0 saturated carbocycles. The fourth-order valence-electron chi connectivity index (χ4n) is 1.41. The van der Waals surface area contributed by atoms with Gasteiger partial charge in [-0.1, -0.05) is 0 Å². The van der Waals surface area contributed by atoms with Gasteiger partial charge in [0, 0.05) is 0 Å². The third-order valence-electron chi connectivity index (χ3n) is 1.95. The molecule has 0 amide bonds. The molecule has 0 aliphatic heterocycles. The van der Waals surface area contributed by atoms with Crippen LogP contribution in [0.1, 0.15) is 5.56 Å². The number of benzene rings is 1. The molecular weight excluding hydrogens is 239 g/mol. The van der Waals surface area contributed by atoms with Crippen LogP contribution in [-0.4, -0.2) is 18.4 Å². The first-order valence-corrected chi connectivity index (χ1v) is 14.1. The molecule has 0 nitrogen and oxygen atoms in total. The van der Waals surface area contributed by atoms with Crippen LogP contribution in [0.25, 0.3) is 0 Å². The summed E-state index contributed by atoms with van der Waals surface area (Å²) in [5.41, 5.74) is 1.48. The van der Waals surface area contributed by atoms with Gasteiger partial charge < -0.3 is 0 Å². The quantitative estimate of drug-likeness (QED) is 0.676. The van der Waals surface area contributed by atoms with Crippen LogP contribution in [0.15, 0.2) is 24.3 Å².